The average Bonchev–Trinajstić information content (AvgIpc) is 2.30. The molecule has 0 atom stereocenters. The first-order valence-electron chi connectivity index (χ1n) is 2.90. The molecule has 0 radical (unpaired) electrons. The van der Waals surface area contributed by atoms with E-state index in [1.807, 2.05) is 0 Å². The third-order valence-electron chi connectivity index (χ3n) is 1.26. The van der Waals surface area contributed by atoms with Gasteiger partial charge in [-0.3, -0.25) is 4.79 Å². The Morgan fingerprint density at radius 1 is 1.50 bits per heavy atom. The van der Waals surface area contributed by atoms with Gasteiger partial charge in [0.2, 0.25) is 0 Å². The number of carbonyl (C=O) groups excluding carboxylic acids is 1. The van der Waals surface area contributed by atoms with E-state index in [9.17, 15) is 18.0 Å². The van der Waals surface area contributed by atoms with Gasteiger partial charge in [0.25, 0.3) is 5.91 Å². The minimum Gasteiger partial charge on any atom is -0.364 e. The molecule has 0 aromatic rings. The van der Waals surface area contributed by atoms with Crippen LogP contribution >= 0.6 is 0 Å². The second-order valence-electron chi connectivity index (χ2n) is 2.09. The van der Waals surface area contributed by atoms with E-state index in [0.717, 1.165) is 0 Å². The lowest BCUT2D eigenvalue weighted by atomic mass is 10.2. The number of primary amides is 1. The lowest BCUT2D eigenvalue weighted by Crippen LogP contribution is -2.20. The molecule has 0 aliphatic carbocycles. The summed E-state index contributed by atoms with van der Waals surface area (Å²) in [5.41, 5.74) is 2.77. The highest BCUT2D eigenvalue weighted by Crippen LogP contribution is 2.31. The highest BCUT2D eigenvalue weighted by Gasteiger charge is 2.39. The minimum atomic E-state index is -4.58. The molecule has 66 valence electrons. The van der Waals surface area contributed by atoms with Crippen molar-refractivity contribution in [2.75, 3.05) is 6.54 Å². The second-order valence-corrected chi connectivity index (χ2v) is 2.09. The van der Waals surface area contributed by atoms with Gasteiger partial charge >= 0.3 is 6.18 Å². The van der Waals surface area contributed by atoms with Gasteiger partial charge in [-0.1, -0.05) is 0 Å². The summed E-state index contributed by atoms with van der Waals surface area (Å²) in [6, 6.07) is 0. The van der Waals surface area contributed by atoms with E-state index in [1.54, 1.807) is 0 Å². The van der Waals surface area contributed by atoms with E-state index in [1.165, 1.54) is 0 Å². The molecule has 1 rings (SSSR count). The van der Waals surface area contributed by atoms with Gasteiger partial charge in [-0.2, -0.15) is 18.3 Å². The molecule has 1 aliphatic rings. The van der Waals surface area contributed by atoms with Crippen LogP contribution in [0.15, 0.2) is 21.5 Å². The van der Waals surface area contributed by atoms with E-state index in [0.29, 0.717) is 0 Å². The Hall–Kier alpha value is -1.40. The number of carbonyl (C=O) groups is 1. The van der Waals surface area contributed by atoms with Crippen molar-refractivity contribution >= 4 is 5.91 Å². The molecule has 1 heterocycles. The zero-order chi connectivity index (χ0) is 9.35. The van der Waals surface area contributed by atoms with Gasteiger partial charge in [0.1, 0.15) is 0 Å². The fraction of sp³-hybridized carbons (Fsp3) is 0.400. The third-order valence-corrected chi connectivity index (χ3v) is 1.26. The van der Waals surface area contributed by atoms with Crippen LogP contribution in [0.25, 0.3) is 0 Å². The molecule has 12 heavy (non-hydrogen) atoms. The van der Waals surface area contributed by atoms with Crippen LogP contribution < -0.4 is 5.73 Å². The summed E-state index contributed by atoms with van der Waals surface area (Å²) in [5, 5.41) is 6.06. The molecule has 0 saturated carbocycles. The first-order chi connectivity index (χ1) is 5.43. The first-order valence-corrected chi connectivity index (χ1v) is 2.90. The molecular weight excluding hydrogens is 175 g/mol. The summed E-state index contributed by atoms with van der Waals surface area (Å²) in [5.74, 6) is -1.21. The summed E-state index contributed by atoms with van der Waals surface area (Å²) in [4.78, 5) is 10.4. The van der Waals surface area contributed by atoms with Crippen molar-refractivity contribution in [3.05, 3.63) is 11.3 Å². The molecule has 4 nitrogen and oxygen atoms in total. The van der Waals surface area contributed by atoms with Crippen molar-refractivity contribution in [3.8, 4) is 0 Å². The van der Waals surface area contributed by atoms with Crippen molar-refractivity contribution in [1.82, 2.24) is 0 Å². The predicted octanol–water partition coefficient (Wildman–Crippen LogP) is 0.754. The van der Waals surface area contributed by atoms with Gasteiger partial charge in [-0.25, -0.2) is 0 Å². The van der Waals surface area contributed by atoms with Crippen molar-refractivity contribution in [2.24, 2.45) is 16.0 Å². The van der Waals surface area contributed by atoms with Gasteiger partial charge in [0.05, 0.1) is 12.1 Å². The number of halogens is 3. The fourth-order valence-corrected chi connectivity index (χ4v) is 0.734. The largest absolute Gasteiger partial charge is 0.416 e. The van der Waals surface area contributed by atoms with Crippen LogP contribution in [-0.2, 0) is 4.79 Å². The van der Waals surface area contributed by atoms with E-state index in [-0.39, 0.29) is 0 Å². The molecule has 0 aromatic heterocycles. The highest BCUT2D eigenvalue weighted by molar-refractivity contribution is 5.92. The number of nitrogens with zero attached hydrogens (tertiary/aromatic N) is 2. The Morgan fingerprint density at radius 2 is 2.08 bits per heavy atom. The van der Waals surface area contributed by atoms with E-state index < -0.39 is 29.9 Å². The van der Waals surface area contributed by atoms with Crippen LogP contribution in [0.3, 0.4) is 0 Å². The molecule has 0 fully saturated rings. The summed E-state index contributed by atoms with van der Waals surface area (Å²) in [7, 11) is 0. The topological polar surface area (TPSA) is 67.8 Å². The molecule has 1 amide bonds. The lowest BCUT2D eigenvalue weighted by molar-refractivity contribution is -0.116. The number of rotatable bonds is 1. The number of hydrogen-bond donors (Lipinski definition) is 1. The lowest BCUT2D eigenvalue weighted by Gasteiger charge is -2.05. The van der Waals surface area contributed by atoms with Crippen molar-refractivity contribution in [3.63, 3.8) is 0 Å². The maximum atomic E-state index is 12.0. The quantitative estimate of drug-likeness (QED) is 0.634. The number of azo groups is 1. The van der Waals surface area contributed by atoms with Crippen molar-refractivity contribution in [2.45, 2.75) is 6.18 Å². The summed E-state index contributed by atoms with van der Waals surface area (Å²) >= 11 is 0. The van der Waals surface area contributed by atoms with Crippen LogP contribution in [-0.4, -0.2) is 18.6 Å². The number of amides is 1. The van der Waals surface area contributed by atoms with Crippen LogP contribution in [0.1, 0.15) is 0 Å². The maximum Gasteiger partial charge on any atom is 0.416 e. The fourth-order valence-electron chi connectivity index (χ4n) is 0.734. The zero-order valence-electron chi connectivity index (χ0n) is 5.72. The molecule has 1 aliphatic heterocycles. The average molecular weight is 179 g/mol. The maximum absolute atomic E-state index is 12.0. The molecule has 0 bridgehead atoms. The molecule has 2 N–H and O–H groups in total. The van der Waals surface area contributed by atoms with Gasteiger partial charge in [0, 0.05) is 0 Å². The van der Waals surface area contributed by atoms with Crippen molar-refractivity contribution < 1.29 is 18.0 Å². The number of nitrogens with two attached hydrogens (primary N) is 1. The molecule has 7 heteroatoms. The summed E-state index contributed by atoms with van der Waals surface area (Å²) < 4.78 is 36.0. The predicted molar refractivity (Wildman–Crippen MR) is 32.0 cm³/mol. The summed E-state index contributed by atoms with van der Waals surface area (Å²) in [6.07, 6.45) is -4.58. The van der Waals surface area contributed by atoms with Gasteiger partial charge in [-0.15, -0.1) is 5.11 Å². The SMILES string of the molecule is NC(=O)C1=C(C(F)(F)F)CN=N1. The summed E-state index contributed by atoms with van der Waals surface area (Å²) in [6.45, 7) is -0.623. The van der Waals surface area contributed by atoms with E-state index >= 15 is 0 Å². The minimum absolute atomic E-state index is 0.623. The molecule has 0 unspecified atom stereocenters. The van der Waals surface area contributed by atoms with E-state index in [2.05, 4.69) is 16.0 Å². The normalized spacial score (nSPS) is 17.2. The second kappa shape index (κ2) is 2.58. The Labute approximate surface area is 64.9 Å². The highest BCUT2D eigenvalue weighted by atomic mass is 19.4. The smallest absolute Gasteiger partial charge is 0.364 e. The molecular formula is C5H4F3N3O. The Bertz CT molecular complexity index is 278. The number of hydrogen-bond acceptors (Lipinski definition) is 3. The Kier molecular flexibility index (Phi) is 1.87. The van der Waals surface area contributed by atoms with Gasteiger partial charge in [0.15, 0.2) is 5.70 Å². The van der Waals surface area contributed by atoms with Crippen LogP contribution in [0.2, 0.25) is 0 Å². The Morgan fingerprint density at radius 3 is 2.42 bits per heavy atom. The van der Waals surface area contributed by atoms with E-state index in [4.69, 9.17) is 0 Å². The Balaban J connectivity index is 3.05. The van der Waals surface area contributed by atoms with Crippen LogP contribution in [0.5, 0.6) is 0 Å². The standard InChI is InChI=1S/C5H4F3N3O/c6-5(7,8)2-1-10-11-3(2)4(9)12/h1H2,(H2,9,12). The molecule has 0 aromatic carbocycles. The monoisotopic (exact) mass is 179 g/mol. The van der Waals surface area contributed by atoms with Crippen LogP contribution in [0, 0.1) is 0 Å². The molecule has 0 spiro atoms. The van der Waals surface area contributed by atoms with Crippen molar-refractivity contribution in [1.29, 1.82) is 0 Å². The van der Waals surface area contributed by atoms with Crippen LogP contribution in [0.4, 0.5) is 13.2 Å². The number of alkyl halides is 3. The molecule has 0 saturated heterocycles. The third kappa shape index (κ3) is 1.44. The zero-order valence-corrected chi connectivity index (χ0v) is 5.72. The van der Waals surface area contributed by atoms with Gasteiger partial charge < -0.3 is 5.73 Å². The van der Waals surface area contributed by atoms with Gasteiger partial charge in [-0.05, 0) is 0 Å². The first kappa shape index (κ1) is 8.69.